The Bertz CT molecular complexity index is 818. The first-order valence-electron chi connectivity index (χ1n) is 9.37. The van der Waals surface area contributed by atoms with Crippen LogP contribution in [0.1, 0.15) is 36.7 Å². The number of aliphatic hydroxyl groups is 1. The first kappa shape index (κ1) is 19.9. The highest BCUT2D eigenvalue weighted by Crippen LogP contribution is 2.23. The fourth-order valence-corrected chi connectivity index (χ4v) is 3.37. The highest BCUT2D eigenvalue weighted by molar-refractivity contribution is 5.87. The summed E-state index contributed by atoms with van der Waals surface area (Å²) in [5.74, 6) is 0.718. The summed E-state index contributed by atoms with van der Waals surface area (Å²) in [4.78, 5) is 30.8. The van der Waals surface area contributed by atoms with Crippen LogP contribution in [0.25, 0.3) is 0 Å². The lowest BCUT2D eigenvalue weighted by Crippen LogP contribution is -2.45. The van der Waals surface area contributed by atoms with E-state index in [4.69, 9.17) is 4.74 Å². The third-order valence-corrected chi connectivity index (χ3v) is 4.96. The molecule has 2 amide bonds. The van der Waals surface area contributed by atoms with Crippen molar-refractivity contribution in [2.24, 2.45) is 7.05 Å². The third kappa shape index (κ3) is 4.51. The normalized spacial score (nSPS) is 18.5. The summed E-state index contributed by atoms with van der Waals surface area (Å²) in [6.07, 6.45) is 4.45. The van der Waals surface area contributed by atoms with Crippen molar-refractivity contribution in [1.29, 1.82) is 0 Å². The number of nitrogens with one attached hydrogen (secondary N) is 1. The van der Waals surface area contributed by atoms with Crippen LogP contribution in [-0.2, 0) is 16.6 Å². The second-order valence-corrected chi connectivity index (χ2v) is 6.94. The number of hydrogen-bond acceptors (Lipinski definition) is 5. The Morgan fingerprint density at radius 1 is 1.36 bits per heavy atom. The Hall–Kier alpha value is -2.87. The van der Waals surface area contributed by atoms with Gasteiger partial charge in [-0.05, 0) is 37.0 Å². The van der Waals surface area contributed by atoms with Crippen molar-refractivity contribution in [2.75, 3.05) is 20.2 Å². The van der Waals surface area contributed by atoms with Gasteiger partial charge in [-0.1, -0.05) is 12.1 Å². The van der Waals surface area contributed by atoms with Crippen LogP contribution in [0.5, 0.6) is 5.75 Å². The fraction of sp³-hybridized carbons (Fsp3) is 0.450. The van der Waals surface area contributed by atoms with E-state index in [9.17, 15) is 14.7 Å². The molecule has 2 heterocycles. The maximum Gasteiger partial charge on any atom is 0.251 e. The Kier molecular flexibility index (Phi) is 6.30. The van der Waals surface area contributed by atoms with Gasteiger partial charge in [0.15, 0.2) is 0 Å². The van der Waals surface area contributed by atoms with Gasteiger partial charge in [0, 0.05) is 26.0 Å². The minimum atomic E-state index is -1.03. The van der Waals surface area contributed by atoms with Gasteiger partial charge in [-0.25, -0.2) is 4.98 Å². The van der Waals surface area contributed by atoms with Crippen molar-refractivity contribution in [3.63, 3.8) is 0 Å². The number of methoxy groups -OCH3 is 1. The van der Waals surface area contributed by atoms with Gasteiger partial charge in [0.05, 0.1) is 13.7 Å². The molecule has 0 spiro atoms. The Balaban J connectivity index is 1.78. The predicted molar refractivity (Wildman–Crippen MR) is 103 cm³/mol. The van der Waals surface area contributed by atoms with Gasteiger partial charge in [0.1, 0.15) is 23.7 Å². The number of rotatable bonds is 6. The first-order valence-corrected chi connectivity index (χ1v) is 9.37. The second kappa shape index (κ2) is 8.88. The van der Waals surface area contributed by atoms with Crippen LogP contribution in [0, 0.1) is 0 Å². The number of carbonyl (C=O) groups is 2. The Morgan fingerprint density at radius 2 is 2.11 bits per heavy atom. The van der Waals surface area contributed by atoms with E-state index < -0.39 is 12.1 Å². The monoisotopic (exact) mass is 386 g/mol. The molecule has 1 aliphatic rings. The lowest BCUT2D eigenvalue weighted by molar-refractivity contribution is -0.142. The van der Waals surface area contributed by atoms with Gasteiger partial charge in [0.2, 0.25) is 5.91 Å². The zero-order chi connectivity index (χ0) is 20.1. The molecule has 1 aromatic carbocycles. The lowest BCUT2D eigenvalue weighted by Gasteiger charge is -2.24. The van der Waals surface area contributed by atoms with Gasteiger partial charge in [-0.3, -0.25) is 9.59 Å². The summed E-state index contributed by atoms with van der Waals surface area (Å²) in [5, 5.41) is 12.9. The molecule has 2 aromatic rings. The number of aryl methyl sites for hydroxylation is 1. The first-order chi connectivity index (χ1) is 13.5. The molecule has 2 unspecified atom stereocenters. The largest absolute Gasteiger partial charge is 0.497 e. The van der Waals surface area contributed by atoms with E-state index in [0.29, 0.717) is 18.8 Å². The van der Waals surface area contributed by atoms with E-state index in [1.165, 1.54) is 4.90 Å². The molecule has 2 N–H and O–H groups in total. The van der Waals surface area contributed by atoms with Crippen LogP contribution in [0.2, 0.25) is 0 Å². The molecule has 8 nitrogen and oxygen atoms in total. The number of hydrogen-bond donors (Lipinski definition) is 2. The van der Waals surface area contributed by atoms with E-state index in [2.05, 4.69) is 10.3 Å². The van der Waals surface area contributed by atoms with Gasteiger partial charge >= 0.3 is 0 Å². The van der Waals surface area contributed by atoms with Gasteiger partial charge in [-0.2, -0.15) is 0 Å². The smallest absolute Gasteiger partial charge is 0.251 e. The van der Waals surface area contributed by atoms with Crippen LogP contribution >= 0.6 is 0 Å². The molecule has 1 saturated heterocycles. The molecule has 1 aromatic heterocycles. The minimum absolute atomic E-state index is 0.0903. The van der Waals surface area contributed by atoms with Crippen LogP contribution in [0.15, 0.2) is 36.7 Å². The van der Waals surface area contributed by atoms with Gasteiger partial charge in [0.25, 0.3) is 5.91 Å². The van der Waals surface area contributed by atoms with Crippen molar-refractivity contribution >= 4 is 11.8 Å². The van der Waals surface area contributed by atoms with E-state index >= 15 is 0 Å². The maximum atomic E-state index is 12.7. The van der Waals surface area contributed by atoms with E-state index in [1.54, 1.807) is 13.3 Å². The highest BCUT2D eigenvalue weighted by atomic mass is 16.5. The van der Waals surface area contributed by atoms with E-state index in [-0.39, 0.29) is 18.4 Å². The van der Waals surface area contributed by atoms with Crippen molar-refractivity contribution in [3.8, 4) is 5.75 Å². The summed E-state index contributed by atoms with van der Waals surface area (Å²) >= 11 is 0. The molecule has 0 saturated carbocycles. The number of amides is 2. The summed E-state index contributed by atoms with van der Waals surface area (Å²) < 4.78 is 7.05. The van der Waals surface area contributed by atoms with Crippen LogP contribution in [0.3, 0.4) is 0 Å². The van der Waals surface area contributed by atoms with Crippen molar-refractivity contribution < 1.29 is 19.4 Å². The van der Waals surface area contributed by atoms with Crippen molar-refractivity contribution in [1.82, 2.24) is 19.8 Å². The standard InChI is InChI=1S/C20H26N4O4/c1-23-12-10-21-19(23)18(14-6-8-15(28-2)9-7-14)22-17(26)13-24-11-4-3-5-16(25)20(24)27/h6-10,12,16,18,25H,3-5,11,13H2,1-2H3,(H,22,26). The lowest BCUT2D eigenvalue weighted by atomic mass is 10.1. The minimum Gasteiger partial charge on any atom is -0.497 e. The summed E-state index contributed by atoms with van der Waals surface area (Å²) in [6.45, 7) is 0.381. The highest BCUT2D eigenvalue weighted by Gasteiger charge is 2.28. The zero-order valence-corrected chi connectivity index (χ0v) is 16.2. The third-order valence-electron chi connectivity index (χ3n) is 4.96. The number of aliphatic hydroxyl groups excluding tert-OH is 1. The SMILES string of the molecule is COc1ccc(C(NC(=O)CN2CCCCC(O)C2=O)c2nccn2C)cc1. The number of benzene rings is 1. The second-order valence-electron chi connectivity index (χ2n) is 6.94. The van der Waals surface area contributed by atoms with E-state index in [1.807, 2.05) is 42.1 Å². The maximum absolute atomic E-state index is 12.7. The Labute approximate surface area is 164 Å². The molecule has 1 aliphatic heterocycles. The average Bonchev–Trinajstić information content (AvgIpc) is 3.06. The van der Waals surface area contributed by atoms with Crippen LogP contribution < -0.4 is 10.1 Å². The molecule has 3 rings (SSSR count). The van der Waals surface area contributed by atoms with Crippen LogP contribution in [0.4, 0.5) is 0 Å². The molecule has 1 fully saturated rings. The number of carbonyl (C=O) groups excluding carboxylic acids is 2. The molecule has 0 aliphatic carbocycles. The fourth-order valence-electron chi connectivity index (χ4n) is 3.37. The number of nitrogens with zero attached hydrogens (tertiary/aromatic N) is 3. The molecule has 0 radical (unpaired) electrons. The predicted octanol–water partition coefficient (Wildman–Crippen LogP) is 1.01. The van der Waals surface area contributed by atoms with Crippen molar-refractivity contribution in [2.45, 2.75) is 31.4 Å². The molecule has 8 heteroatoms. The van der Waals surface area contributed by atoms with Crippen LogP contribution in [-0.4, -0.2) is 57.7 Å². The molecule has 0 bridgehead atoms. The van der Waals surface area contributed by atoms with Crippen molar-refractivity contribution in [3.05, 3.63) is 48.0 Å². The molecule has 2 atom stereocenters. The topological polar surface area (TPSA) is 96.7 Å². The quantitative estimate of drug-likeness (QED) is 0.772. The number of aromatic nitrogens is 2. The number of imidazole rings is 1. The summed E-state index contributed by atoms with van der Waals surface area (Å²) in [5.41, 5.74) is 0.852. The zero-order valence-electron chi connectivity index (χ0n) is 16.2. The summed E-state index contributed by atoms with van der Waals surface area (Å²) in [7, 11) is 3.46. The molecule has 28 heavy (non-hydrogen) atoms. The number of likely N-dealkylation sites (tertiary alicyclic amines) is 1. The molecular formula is C20H26N4O4. The summed E-state index contributed by atoms with van der Waals surface area (Å²) in [6, 6.07) is 6.93. The number of ether oxygens (including phenoxy) is 1. The molecule has 150 valence electrons. The van der Waals surface area contributed by atoms with Gasteiger partial charge in [-0.15, -0.1) is 0 Å². The average molecular weight is 386 g/mol. The molecular weight excluding hydrogens is 360 g/mol. The van der Waals surface area contributed by atoms with E-state index in [0.717, 1.165) is 24.2 Å². The Morgan fingerprint density at radius 3 is 2.75 bits per heavy atom. The van der Waals surface area contributed by atoms with Gasteiger partial charge < -0.3 is 24.6 Å².